The fourth-order valence-corrected chi connectivity index (χ4v) is 1.94. The number of rotatable bonds is 4. The molecule has 1 N–H and O–H groups in total. The van der Waals surface area contributed by atoms with Crippen LogP contribution in [-0.2, 0) is 11.3 Å². The van der Waals surface area contributed by atoms with Gasteiger partial charge >= 0.3 is 0 Å². The lowest BCUT2D eigenvalue weighted by atomic mass is 10.3. The molecule has 0 bridgehead atoms. The second-order valence-corrected chi connectivity index (χ2v) is 4.54. The van der Waals surface area contributed by atoms with E-state index in [1.165, 1.54) is 0 Å². The highest BCUT2D eigenvalue weighted by molar-refractivity contribution is 5.78. The number of hydrogen-bond acceptors (Lipinski definition) is 6. The molecule has 1 fully saturated rings. The molecule has 100 valence electrons. The normalized spacial score (nSPS) is 16.3. The molecule has 0 aromatic carbocycles. The van der Waals surface area contributed by atoms with Crippen LogP contribution < -0.4 is 5.32 Å². The van der Waals surface area contributed by atoms with Gasteiger partial charge in [0.15, 0.2) is 5.82 Å². The Labute approximate surface area is 106 Å². The van der Waals surface area contributed by atoms with Gasteiger partial charge in [-0.15, -0.1) is 0 Å². The van der Waals surface area contributed by atoms with Crippen molar-refractivity contribution >= 4 is 5.91 Å². The van der Waals surface area contributed by atoms with Crippen molar-refractivity contribution in [3.63, 3.8) is 0 Å². The van der Waals surface area contributed by atoms with Crippen LogP contribution in [-0.4, -0.2) is 65.6 Å². The van der Waals surface area contributed by atoms with Gasteiger partial charge in [-0.2, -0.15) is 4.98 Å². The van der Waals surface area contributed by atoms with Crippen LogP contribution in [0.3, 0.4) is 0 Å². The third kappa shape index (κ3) is 3.51. The summed E-state index contributed by atoms with van der Waals surface area (Å²) in [7, 11) is 1.87. The Morgan fingerprint density at radius 3 is 2.83 bits per heavy atom. The topological polar surface area (TPSA) is 74.5 Å². The minimum atomic E-state index is 0.148. The van der Waals surface area contributed by atoms with E-state index >= 15 is 0 Å². The first-order valence-electron chi connectivity index (χ1n) is 6.11. The van der Waals surface area contributed by atoms with E-state index in [1.807, 2.05) is 16.8 Å². The molecular weight excluding hydrogens is 234 g/mol. The second kappa shape index (κ2) is 5.92. The van der Waals surface area contributed by atoms with E-state index in [4.69, 9.17) is 4.52 Å². The number of carbonyl (C=O) groups excluding carboxylic acids is 1. The first-order valence-corrected chi connectivity index (χ1v) is 6.11. The molecule has 7 heteroatoms. The summed E-state index contributed by atoms with van der Waals surface area (Å²) >= 11 is 0. The van der Waals surface area contributed by atoms with E-state index in [0.717, 1.165) is 26.2 Å². The van der Waals surface area contributed by atoms with Gasteiger partial charge in [-0.25, -0.2) is 0 Å². The minimum Gasteiger partial charge on any atom is -0.339 e. The Morgan fingerprint density at radius 2 is 2.22 bits per heavy atom. The number of carbonyl (C=O) groups is 1. The van der Waals surface area contributed by atoms with Crippen LogP contribution in [0.2, 0.25) is 0 Å². The Kier molecular flexibility index (Phi) is 4.27. The molecule has 2 rings (SSSR count). The van der Waals surface area contributed by atoms with E-state index in [9.17, 15) is 4.79 Å². The van der Waals surface area contributed by atoms with Gasteiger partial charge in [0.05, 0.1) is 13.1 Å². The third-order valence-corrected chi connectivity index (χ3v) is 2.85. The lowest BCUT2D eigenvalue weighted by Gasteiger charge is -2.28. The summed E-state index contributed by atoms with van der Waals surface area (Å²) < 4.78 is 5.02. The van der Waals surface area contributed by atoms with Crippen molar-refractivity contribution in [1.82, 2.24) is 25.3 Å². The van der Waals surface area contributed by atoms with Gasteiger partial charge in [0, 0.05) is 26.2 Å². The number of hydrogen-bond donors (Lipinski definition) is 1. The fraction of sp³-hybridized carbons (Fsp3) is 0.727. The zero-order valence-corrected chi connectivity index (χ0v) is 10.8. The monoisotopic (exact) mass is 253 g/mol. The standard InChI is InChI=1S/C11H19N5O2/c1-9-13-10(18-14-9)7-15(2)8-11(17)16-5-3-12-4-6-16/h12H,3-8H2,1-2H3. The highest BCUT2D eigenvalue weighted by atomic mass is 16.5. The molecule has 1 aromatic heterocycles. The van der Waals surface area contributed by atoms with Crippen molar-refractivity contribution in [3.05, 3.63) is 11.7 Å². The molecule has 0 spiro atoms. The van der Waals surface area contributed by atoms with E-state index in [-0.39, 0.29) is 5.91 Å². The number of nitrogens with zero attached hydrogens (tertiary/aromatic N) is 4. The van der Waals surface area contributed by atoms with Gasteiger partial charge in [-0.05, 0) is 14.0 Å². The van der Waals surface area contributed by atoms with E-state index in [1.54, 1.807) is 6.92 Å². The summed E-state index contributed by atoms with van der Waals surface area (Å²) in [5, 5.41) is 6.95. The summed E-state index contributed by atoms with van der Waals surface area (Å²) in [6, 6.07) is 0. The first kappa shape index (κ1) is 13.0. The smallest absolute Gasteiger partial charge is 0.240 e. The van der Waals surface area contributed by atoms with Crippen molar-refractivity contribution < 1.29 is 9.32 Å². The average Bonchev–Trinajstić information content (AvgIpc) is 2.75. The lowest BCUT2D eigenvalue weighted by molar-refractivity contribution is -0.132. The SMILES string of the molecule is Cc1noc(CN(C)CC(=O)N2CCNCC2)n1. The zero-order chi connectivity index (χ0) is 13.0. The summed E-state index contributed by atoms with van der Waals surface area (Å²) in [5.41, 5.74) is 0. The van der Waals surface area contributed by atoms with Crippen molar-refractivity contribution in [3.8, 4) is 0 Å². The Hall–Kier alpha value is -1.47. The predicted molar refractivity (Wildman–Crippen MR) is 64.8 cm³/mol. The van der Waals surface area contributed by atoms with E-state index in [2.05, 4.69) is 15.5 Å². The van der Waals surface area contributed by atoms with Crippen molar-refractivity contribution in [2.75, 3.05) is 39.8 Å². The summed E-state index contributed by atoms with van der Waals surface area (Å²) in [5.74, 6) is 1.31. The molecule has 1 aliphatic rings. The average molecular weight is 253 g/mol. The van der Waals surface area contributed by atoms with Crippen LogP contribution in [0.5, 0.6) is 0 Å². The van der Waals surface area contributed by atoms with Gasteiger partial charge in [-0.1, -0.05) is 5.16 Å². The molecule has 0 radical (unpaired) electrons. The molecular formula is C11H19N5O2. The molecule has 0 saturated carbocycles. The number of aryl methyl sites for hydroxylation is 1. The lowest BCUT2D eigenvalue weighted by Crippen LogP contribution is -2.49. The Bertz CT molecular complexity index is 400. The van der Waals surface area contributed by atoms with Gasteiger partial charge in [0.1, 0.15) is 0 Å². The quantitative estimate of drug-likeness (QED) is 0.760. The maximum absolute atomic E-state index is 12.0. The first-order chi connectivity index (χ1) is 8.65. The summed E-state index contributed by atoms with van der Waals surface area (Å²) in [6.45, 7) is 5.97. The molecule has 18 heavy (non-hydrogen) atoms. The Balaban J connectivity index is 1.79. The zero-order valence-electron chi connectivity index (χ0n) is 10.8. The van der Waals surface area contributed by atoms with E-state index < -0.39 is 0 Å². The largest absolute Gasteiger partial charge is 0.339 e. The molecule has 1 saturated heterocycles. The molecule has 1 aromatic rings. The molecule has 0 atom stereocenters. The predicted octanol–water partition coefficient (Wildman–Crippen LogP) is -0.758. The van der Waals surface area contributed by atoms with Gasteiger partial charge < -0.3 is 14.7 Å². The number of aromatic nitrogens is 2. The molecule has 7 nitrogen and oxygen atoms in total. The highest BCUT2D eigenvalue weighted by Crippen LogP contribution is 2.01. The fourth-order valence-electron chi connectivity index (χ4n) is 1.94. The highest BCUT2D eigenvalue weighted by Gasteiger charge is 2.18. The number of nitrogens with one attached hydrogen (secondary N) is 1. The molecule has 1 amide bonds. The van der Waals surface area contributed by atoms with Gasteiger partial charge in [0.2, 0.25) is 11.8 Å². The molecule has 1 aliphatic heterocycles. The van der Waals surface area contributed by atoms with E-state index in [0.29, 0.717) is 24.8 Å². The number of amides is 1. The summed E-state index contributed by atoms with van der Waals surface area (Å²) in [4.78, 5) is 19.9. The van der Waals surface area contributed by atoms with Crippen LogP contribution in [0.4, 0.5) is 0 Å². The van der Waals surface area contributed by atoms with Gasteiger partial charge in [-0.3, -0.25) is 9.69 Å². The van der Waals surface area contributed by atoms with Crippen molar-refractivity contribution in [1.29, 1.82) is 0 Å². The number of piperazine rings is 1. The summed E-state index contributed by atoms with van der Waals surface area (Å²) in [6.07, 6.45) is 0. The maximum Gasteiger partial charge on any atom is 0.240 e. The molecule has 0 aliphatic carbocycles. The van der Waals surface area contributed by atoms with Crippen LogP contribution in [0.1, 0.15) is 11.7 Å². The molecule has 2 heterocycles. The molecule has 0 unspecified atom stereocenters. The van der Waals surface area contributed by atoms with Crippen LogP contribution in [0.15, 0.2) is 4.52 Å². The number of likely N-dealkylation sites (N-methyl/N-ethyl adjacent to an activating group) is 1. The van der Waals surface area contributed by atoms with Crippen LogP contribution in [0.25, 0.3) is 0 Å². The van der Waals surface area contributed by atoms with Crippen LogP contribution in [0, 0.1) is 6.92 Å². The van der Waals surface area contributed by atoms with Gasteiger partial charge in [0.25, 0.3) is 0 Å². The maximum atomic E-state index is 12.0. The minimum absolute atomic E-state index is 0.148. The van der Waals surface area contributed by atoms with Crippen molar-refractivity contribution in [2.45, 2.75) is 13.5 Å². The second-order valence-electron chi connectivity index (χ2n) is 4.54. The van der Waals surface area contributed by atoms with Crippen molar-refractivity contribution in [2.24, 2.45) is 0 Å². The van der Waals surface area contributed by atoms with Crippen LogP contribution >= 0.6 is 0 Å². The Morgan fingerprint density at radius 1 is 1.50 bits per heavy atom. The third-order valence-electron chi connectivity index (χ3n) is 2.85.